The number of halogens is 2. The molecular formula is C14H14Cl2N4O. The van der Waals surface area contributed by atoms with Crippen LogP contribution in [0, 0.1) is 0 Å². The molecule has 0 atom stereocenters. The lowest BCUT2D eigenvalue weighted by atomic mass is 9.91. The number of rotatable bonds is 3. The van der Waals surface area contributed by atoms with E-state index in [-0.39, 0.29) is 11.9 Å². The standard InChI is InChI=1S/C14H14Cl2N4O/c1-20-8-11(12(19-20)9-3-2-4-17-7-9)13(21)18-10-5-14(15,16)6-10/h2-4,7-8,10H,5-6H2,1H3,(H,18,21). The second-order valence-corrected chi connectivity index (χ2v) is 6.88. The van der Waals surface area contributed by atoms with Crippen molar-refractivity contribution in [3.63, 3.8) is 0 Å². The van der Waals surface area contributed by atoms with E-state index in [1.54, 1.807) is 30.3 Å². The predicted molar refractivity (Wildman–Crippen MR) is 81.4 cm³/mol. The summed E-state index contributed by atoms with van der Waals surface area (Å²) in [7, 11) is 1.78. The molecule has 21 heavy (non-hydrogen) atoms. The molecule has 3 rings (SSSR count). The fraction of sp³-hybridized carbons (Fsp3) is 0.357. The van der Waals surface area contributed by atoms with E-state index in [1.807, 2.05) is 12.1 Å². The van der Waals surface area contributed by atoms with Crippen LogP contribution in [0.5, 0.6) is 0 Å². The maximum absolute atomic E-state index is 12.4. The summed E-state index contributed by atoms with van der Waals surface area (Å²) in [5, 5.41) is 7.28. The molecule has 2 heterocycles. The smallest absolute Gasteiger partial charge is 0.255 e. The van der Waals surface area contributed by atoms with Crippen LogP contribution in [0.25, 0.3) is 11.3 Å². The van der Waals surface area contributed by atoms with Gasteiger partial charge in [0.2, 0.25) is 0 Å². The highest BCUT2D eigenvalue weighted by Gasteiger charge is 2.42. The highest BCUT2D eigenvalue weighted by atomic mass is 35.5. The van der Waals surface area contributed by atoms with Crippen LogP contribution in [-0.4, -0.2) is 31.0 Å². The minimum atomic E-state index is -0.709. The van der Waals surface area contributed by atoms with E-state index in [0.29, 0.717) is 24.1 Å². The number of hydrogen-bond acceptors (Lipinski definition) is 3. The summed E-state index contributed by atoms with van der Waals surface area (Å²) in [6, 6.07) is 3.69. The van der Waals surface area contributed by atoms with Crippen LogP contribution >= 0.6 is 23.2 Å². The van der Waals surface area contributed by atoms with Crippen LogP contribution in [0.2, 0.25) is 0 Å². The van der Waals surface area contributed by atoms with Crippen LogP contribution < -0.4 is 5.32 Å². The molecule has 7 heteroatoms. The van der Waals surface area contributed by atoms with Crippen LogP contribution in [0.3, 0.4) is 0 Å². The number of amides is 1. The average Bonchev–Trinajstić information content (AvgIpc) is 2.80. The molecule has 5 nitrogen and oxygen atoms in total. The monoisotopic (exact) mass is 324 g/mol. The number of pyridine rings is 1. The zero-order valence-electron chi connectivity index (χ0n) is 11.4. The lowest BCUT2D eigenvalue weighted by Gasteiger charge is -2.38. The van der Waals surface area contributed by atoms with E-state index < -0.39 is 4.33 Å². The van der Waals surface area contributed by atoms with Gasteiger partial charge in [-0.1, -0.05) is 0 Å². The van der Waals surface area contributed by atoms with Gasteiger partial charge >= 0.3 is 0 Å². The Hall–Kier alpha value is -1.59. The van der Waals surface area contributed by atoms with Crippen LogP contribution in [0.15, 0.2) is 30.7 Å². The number of nitrogens with one attached hydrogen (secondary N) is 1. The molecule has 1 aliphatic rings. The largest absolute Gasteiger partial charge is 0.349 e. The van der Waals surface area contributed by atoms with E-state index in [4.69, 9.17) is 23.2 Å². The molecular weight excluding hydrogens is 311 g/mol. The molecule has 2 aromatic heterocycles. The zero-order chi connectivity index (χ0) is 15.0. The second kappa shape index (κ2) is 5.31. The fourth-order valence-corrected chi connectivity index (χ4v) is 3.14. The van der Waals surface area contributed by atoms with Crippen molar-refractivity contribution in [1.82, 2.24) is 20.1 Å². The van der Waals surface area contributed by atoms with Gasteiger partial charge < -0.3 is 5.32 Å². The minimum Gasteiger partial charge on any atom is -0.349 e. The SMILES string of the molecule is Cn1cc(C(=O)NC2CC(Cl)(Cl)C2)c(-c2cccnc2)n1. The summed E-state index contributed by atoms with van der Waals surface area (Å²) in [6.45, 7) is 0. The molecule has 0 bridgehead atoms. The molecule has 1 aliphatic carbocycles. The molecule has 1 saturated carbocycles. The van der Waals surface area contributed by atoms with Gasteiger partial charge in [-0.05, 0) is 12.1 Å². The topological polar surface area (TPSA) is 59.8 Å². The molecule has 0 radical (unpaired) electrons. The summed E-state index contributed by atoms with van der Waals surface area (Å²) in [6.07, 6.45) is 6.19. The first-order chi connectivity index (χ1) is 9.94. The lowest BCUT2D eigenvalue weighted by Crippen LogP contribution is -2.49. The maximum atomic E-state index is 12.4. The summed E-state index contributed by atoms with van der Waals surface area (Å²) in [5.41, 5.74) is 1.94. The van der Waals surface area contributed by atoms with Crippen molar-refractivity contribution in [3.8, 4) is 11.3 Å². The Labute approximate surface area is 132 Å². The highest BCUT2D eigenvalue weighted by Crippen LogP contribution is 2.42. The van der Waals surface area contributed by atoms with Crippen LogP contribution in [-0.2, 0) is 7.05 Å². The van der Waals surface area contributed by atoms with Gasteiger partial charge in [-0.2, -0.15) is 5.10 Å². The lowest BCUT2D eigenvalue weighted by molar-refractivity contribution is 0.0914. The first-order valence-electron chi connectivity index (χ1n) is 6.57. The third kappa shape index (κ3) is 3.04. The van der Waals surface area contributed by atoms with E-state index in [1.165, 1.54) is 0 Å². The van der Waals surface area contributed by atoms with E-state index in [9.17, 15) is 4.79 Å². The number of hydrogen-bond donors (Lipinski definition) is 1. The highest BCUT2D eigenvalue weighted by molar-refractivity contribution is 6.49. The van der Waals surface area contributed by atoms with Gasteiger partial charge in [0.15, 0.2) is 0 Å². The van der Waals surface area contributed by atoms with Crippen molar-refractivity contribution in [3.05, 3.63) is 36.3 Å². The molecule has 0 spiro atoms. The van der Waals surface area contributed by atoms with E-state index in [2.05, 4.69) is 15.4 Å². The van der Waals surface area contributed by atoms with Crippen molar-refractivity contribution >= 4 is 29.1 Å². The normalized spacial score (nSPS) is 17.3. The van der Waals surface area contributed by atoms with Gasteiger partial charge in [-0.25, -0.2) is 0 Å². The molecule has 0 aliphatic heterocycles. The van der Waals surface area contributed by atoms with E-state index in [0.717, 1.165) is 5.56 Å². The zero-order valence-corrected chi connectivity index (χ0v) is 12.9. The number of aromatic nitrogens is 3. The van der Waals surface area contributed by atoms with Crippen molar-refractivity contribution < 1.29 is 4.79 Å². The van der Waals surface area contributed by atoms with Gasteiger partial charge in [0.25, 0.3) is 5.91 Å². The predicted octanol–water partition coefficient (Wildman–Crippen LogP) is 2.55. The van der Waals surface area contributed by atoms with Crippen molar-refractivity contribution in [2.45, 2.75) is 23.2 Å². The Morgan fingerprint density at radius 1 is 1.48 bits per heavy atom. The summed E-state index contributed by atoms with van der Waals surface area (Å²) in [4.78, 5) is 16.5. The van der Waals surface area contributed by atoms with Gasteiger partial charge in [0.05, 0.1) is 5.56 Å². The molecule has 1 N–H and O–H groups in total. The molecule has 1 fully saturated rings. The first kappa shape index (κ1) is 14.4. The van der Waals surface area contributed by atoms with Gasteiger partial charge in [0, 0.05) is 50.1 Å². The quantitative estimate of drug-likeness (QED) is 0.882. The molecule has 0 saturated heterocycles. The number of alkyl halides is 2. The Kier molecular flexibility index (Phi) is 3.63. The third-order valence-electron chi connectivity index (χ3n) is 3.43. The van der Waals surface area contributed by atoms with Gasteiger partial charge in [-0.3, -0.25) is 14.5 Å². The Morgan fingerprint density at radius 3 is 2.86 bits per heavy atom. The van der Waals surface area contributed by atoms with E-state index >= 15 is 0 Å². The first-order valence-corrected chi connectivity index (χ1v) is 7.33. The van der Waals surface area contributed by atoms with Gasteiger partial charge in [0.1, 0.15) is 10.0 Å². The van der Waals surface area contributed by atoms with Crippen LogP contribution in [0.4, 0.5) is 0 Å². The molecule has 1 amide bonds. The number of aryl methyl sites for hydroxylation is 1. The minimum absolute atomic E-state index is 0.00875. The number of nitrogens with zero attached hydrogens (tertiary/aromatic N) is 3. The molecule has 2 aromatic rings. The number of carbonyl (C=O) groups is 1. The second-order valence-electron chi connectivity index (χ2n) is 5.24. The Morgan fingerprint density at radius 2 is 2.24 bits per heavy atom. The fourth-order valence-electron chi connectivity index (χ4n) is 2.40. The summed E-state index contributed by atoms with van der Waals surface area (Å²) < 4.78 is 0.907. The van der Waals surface area contributed by atoms with Crippen molar-refractivity contribution in [2.24, 2.45) is 7.05 Å². The number of carbonyl (C=O) groups excluding carboxylic acids is 1. The Balaban J connectivity index is 1.81. The third-order valence-corrected chi connectivity index (χ3v) is 4.05. The Bertz CT molecular complexity index is 661. The van der Waals surface area contributed by atoms with Crippen LogP contribution in [0.1, 0.15) is 23.2 Å². The summed E-state index contributed by atoms with van der Waals surface area (Å²) in [5.74, 6) is -0.171. The molecule has 0 aromatic carbocycles. The average molecular weight is 325 g/mol. The van der Waals surface area contributed by atoms with Gasteiger partial charge in [-0.15, -0.1) is 23.2 Å². The van der Waals surface area contributed by atoms with Crippen molar-refractivity contribution in [1.29, 1.82) is 0 Å². The summed E-state index contributed by atoms with van der Waals surface area (Å²) >= 11 is 11.9. The maximum Gasteiger partial charge on any atom is 0.255 e. The van der Waals surface area contributed by atoms with Crippen molar-refractivity contribution in [2.75, 3.05) is 0 Å². The molecule has 110 valence electrons. The molecule has 0 unspecified atom stereocenters.